The molecule has 0 heterocycles. The highest BCUT2D eigenvalue weighted by Gasteiger charge is 2.31. The number of aryl methyl sites for hydroxylation is 1. The number of sulfonamides is 1. The van der Waals surface area contributed by atoms with E-state index >= 15 is 0 Å². The molecular formula is C24H32FN3O4S. The minimum absolute atomic E-state index is 0.0461. The Bertz CT molecular complexity index is 1070. The van der Waals surface area contributed by atoms with Crippen LogP contribution in [0, 0.1) is 12.7 Å². The van der Waals surface area contributed by atoms with E-state index < -0.39 is 34.3 Å². The summed E-state index contributed by atoms with van der Waals surface area (Å²) in [6.07, 6.45) is 2.06. The number of amides is 2. The lowest BCUT2D eigenvalue weighted by molar-refractivity contribution is -0.140. The molecule has 33 heavy (non-hydrogen) atoms. The Kier molecular flexibility index (Phi) is 9.40. The van der Waals surface area contributed by atoms with Gasteiger partial charge in [-0.15, -0.1) is 0 Å². The van der Waals surface area contributed by atoms with E-state index in [0.717, 1.165) is 34.2 Å². The maximum Gasteiger partial charge on any atom is 0.244 e. The standard InChI is InChI=1S/C24H32FN3O4S/c1-5-13-26-24(30)22(6-2)27(16-19-10-7-9-18(3)14-19)23(29)17-28(33(4,31)32)21-12-8-11-20(25)15-21/h7-12,14-15,22H,5-6,13,16-17H2,1-4H3,(H,26,30)/t22-/m1/s1. The van der Waals surface area contributed by atoms with E-state index in [1.807, 2.05) is 38.1 Å². The van der Waals surface area contributed by atoms with Gasteiger partial charge in [0.05, 0.1) is 11.9 Å². The second kappa shape index (κ2) is 11.8. The number of hydrogen-bond donors (Lipinski definition) is 1. The smallest absolute Gasteiger partial charge is 0.244 e. The summed E-state index contributed by atoms with van der Waals surface area (Å²) in [6.45, 7) is 5.72. The predicted molar refractivity (Wildman–Crippen MR) is 128 cm³/mol. The van der Waals surface area contributed by atoms with Gasteiger partial charge < -0.3 is 10.2 Å². The molecule has 9 heteroatoms. The zero-order valence-electron chi connectivity index (χ0n) is 19.5. The third-order valence-corrected chi connectivity index (χ3v) is 6.29. The van der Waals surface area contributed by atoms with Crippen molar-refractivity contribution in [3.63, 3.8) is 0 Å². The third-order valence-electron chi connectivity index (χ3n) is 5.15. The van der Waals surface area contributed by atoms with Gasteiger partial charge >= 0.3 is 0 Å². The van der Waals surface area contributed by atoms with Crippen molar-refractivity contribution in [1.82, 2.24) is 10.2 Å². The van der Waals surface area contributed by atoms with Crippen molar-refractivity contribution < 1.29 is 22.4 Å². The lowest BCUT2D eigenvalue weighted by atomic mass is 10.1. The summed E-state index contributed by atoms with van der Waals surface area (Å²) in [5, 5.41) is 2.82. The normalized spacial score (nSPS) is 12.2. The molecule has 0 saturated carbocycles. The van der Waals surface area contributed by atoms with Crippen LogP contribution in [0.3, 0.4) is 0 Å². The van der Waals surface area contributed by atoms with Crippen LogP contribution >= 0.6 is 0 Å². The van der Waals surface area contributed by atoms with Crippen LogP contribution in [-0.4, -0.2) is 50.5 Å². The van der Waals surface area contributed by atoms with Crippen molar-refractivity contribution in [2.24, 2.45) is 0 Å². The van der Waals surface area contributed by atoms with Crippen LogP contribution in [0.5, 0.6) is 0 Å². The van der Waals surface area contributed by atoms with Gasteiger partial charge in [-0.3, -0.25) is 13.9 Å². The lowest BCUT2D eigenvalue weighted by Crippen LogP contribution is -2.52. The zero-order valence-corrected chi connectivity index (χ0v) is 20.4. The number of benzene rings is 2. The second-order valence-electron chi connectivity index (χ2n) is 7.98. The number of rotatable bonds is 11. The zero-order chi connectivity index (χ0) is 24.6. The molecule has 2 aromatic carbocycles. The molecule has 0 unspecified atom stereocenters. The molecule has 0 aromatic heterocycles. The molecule has 0 saturated heterocycles. The Morgan fingerprint density at radius 1 is 1.09 bits per heavy atom. The van der Waals surface area contributed by atoms with Crippen molar-refractivity contribution in [3.05, 3.63) is 65.5 Å². The Morgan fingerprint density at radius 3 is 2.36 bits per heavy atom. The molecule has 180 valence electrons. The van der Waals surface area contributed by atoms with Crippen LogP contribution in [-0.2, 0) is 26.2 Å². The minimum Gasteiger partial charge on any atom is -0.354 e. The molecule has 0 radical (unpaired) electrons. The number of anilines is 1. The van der Waals surface area contributed by atoms with Gasteiger partial charge in [-0.2, -0.15) is 0 Å². The highest BCUT2D eigenvalue weighted by atomic mass is 32.2. The highest BCUT2D eigenvalue weighted by molar-refractivity contribution is 7.92. The van der Waals surface area contributed by atoms with Gasteiger partial charge in [0, 0.05) is 13.1 Å². The summed E-state index contributed by atoms with van der Waals surface area (Å²) in [4.78, 5) is 27.7. The van der Waals surface area contributed by atoms with E-state index in [9.17, 15) is 22.4 Å². The minimum atomic E-state index is -3.89. The highest BCUT2D eigenvalue weighted by Crippen LogP contribution is 2.20. The molecule has 2 amide bonds. The van der Waals surface area contributed by atoms with E-state index in [0.29, 0.717) is 13.0 Å². The molecule has 2 aromatic rings. The molecule has 2 rings (SSSR count). The third kappa shape index (κ3) is 7.56. The average molecular weight is 478 g/mol. The fourth-order valence-electron chi connectivity index (χ4n) is 3.54. The second-order valence-corrected chi connectivity index (χ2v) is 9.88. The van der Waals surface area contributed by atoms with Crippen LogP contribution in [0.2, 0.25) is 0 Å². The molecule has 1 N–H and O–H groups in total. The van der Waals surface area contributed by atoms with Crippen molar-refractivity contribution in [2.45, 2.75) is 46.2 Å². The van der Waals surface area contributed by atoms with Crippen molar-refractivity contribution in [1.29, 1.82) is 0 Å². The summed E-state index contributed by atoms with van der Waals surface area (Å²) in [5.74, 6) is -1.46. The molecule has 0 bridgehead atoms. The molecule has 0 fully saturated rings. The van der Waals surface area contributed by atoms with Gasteiger partial charge in [0.25, 0.3) is 0 Å². The Hall–Kier alpha value is -2.94. The van der Waals surface area contributed by atoms with Crippen LogP contribution < -0.4 is 9.62 Å². The van der Waals surface area contributed by atoms with Crippen LogP contribution in [0.15, 0.2) is 48.5 Å². The molecule has 7 nitrogen and oxygen atoms in total. The molecule has 0 aliphatic carbocycles. The fourth-order valence-corrected chi connectivity index (χ4v) is 4.38. The Balaban J connectivity index is 2.42. The Morgan fingerprint density at radius 2 is 1.79 bits per heavy atom. The van der Waals surface area contributed by atoms with E-state index in [1.54, 1.807) is 6.92 Å². The van der Waals surface area contributed by atoms with Gasteiger partial charge in [0.2, 0.25) is 21.8 Å². The topological polar surface area (TPSA) is 86.8 Å². The summed E-state index contributed by atoms with van der Waals surface area (Å²) < 4.78 is 39.6. The molecule has 1 atom stereocenters. The van der Waals surface area contributed by atoms with E-state index in [1.165, 1.54) is 23.1 Å². The fraction of sp³-hybridized carbons (Fsp3) is 0.417. The van der Waals surface area contributed by atoms with Crippen molar-refractivity contribution in [3.8, 4) is 0 Å². The van der Waals surface area contributed by atoms with Crippen LogP contribution in [0.4, 0.5) is 10.1 Å². The number of nitrogens with one attached hydrogen (secondary N) is 1. The summed E-state index contributed by atoms with van der Waals surface area (Å²) in [6, 6.07) is 11.8. The number of carbonyl (C=O) groups excluding carboxylic acids is 2. The molecule has 0 spiro atoms. The van der Waals surface area contributed by atoms with Gasteiger partial charge in [-0.1, -0.05) is 49.7 Å². The average Bonchev–Trinajstić information content (AvgIpc) is 2.74. The maximum atomic E-state index is 13.8. The summed E-state index contributed by atoms with van der Waals surface area (Å²) >= 11 is 0. The van der Waals surface area contributed by atoms with Crippen molar-refractivity contribution >= 4 is 27.5 Å². The quantitative estimate of drug-likeness (QED) is 0.538. The Labute approximate surface area is 195 Å². The number of hydrogen-bond acceptors (Lipinski definition) is 4. The largest absolute Gasteiger partial charge is 0.354 e. The van der Waals surface area contributed by atoms with E-state index in [2.05, 4.69) is 5.32 Å². The molecular weight excluding hydrogens is 445 g/mol. The number of carbonyl (C=O) groups is 2. The van der Waals surface area contributed by atoms with Crippen LogP contribution in [0.1, 0.15) is 37.8 Å². The van der Waals surface area contributed by atoms with E-state index in [4.69, 9.17) is 0 Å². The van der Waals surface area contributed by atoms with Gasteiger partial charge in [0.15, 0.2) is 0 Å². The first kappa shape index (κ1) is 26.3. The number of halogens is 1. The van der Waals surface area contributed by atoms with Gasteiger partial charge in [0.1, 0.15) is 18.4 Å². The molecule has 0 aliphatic heterocycles. The number of nitrogens with zero attached hydrogens (tertiary/aromatic N) is 2. The van der Waals surface area contributed by atoms with Gasteiger partial charge in [-0.25, -0.2) is 12.8 Å². The predicted octanol–water partition coefficient (Wildman–Crippen LogP) is 3.23. The first-order chi connectivity index (χ1) is 15.6. The molecule has 0 aliphatic rings. The van der Waals surface area contributed by atoms with Crippen molar-refractivity contribution in [2.75, 3.05) is 23.7 Å². The first-order valence-corrected chi connectivity index (χ1v) is 12.8. The first-order valence-electron chi connectivity index (χ1n) is 10.9. The maximum absolute atomic E-state index is 13.8. The SMILES string of the molecule is CCCNC(=O)[C@@H](CC)N(Cc1cccc(C)c1)C(=O)CN(c1cccc(F)c1)S(C)(=O)=O. The van der Waals surface area contributed by atoms with E-state index in [-0.39, 0.29) is 18.1 Å². The van der Waals surface area contributed by atoms with Crippen LogP contribution in [0.25, 0.3) is 0 Å². The lowest BCUT2D eigenvalue weighted by Gasteiger charge is -2.33. The van der Waals surface area contributed by atoms with Gasteiger partial charge in [-0.05, 0) is 43.5 Å². The monoisotopic (exact) mass is 477 g/mol. The summed E-state index contributed by atoms with van der Waals surface area (Å²) in [5.41, 5.74) is 1.87. The summed E-state index contributed by atoms with van der Waals surface area (Å²) in [7, 11) is -3.89.